The smallest absolute Gasteiger partial charge is 0.408 e. The molecule has 1 aromatic rings. The van der Waals surface area contributed by atoms with Gasteiger partial charge in [0.2, 0.25) is 0 Å². The normalized spacial score (nSPS) is 22.3. The van der Waals surface area contributed by atoms with Crippen LogP contribution >= 0.6 is 0 Å². The number of alkyl halides is 2. The zero-order chi connectivity index (χ0) is 13.5. The molecule has 1 aliphatic rings. The van der Waals surface area contributed by atoms with Crippen LogP contribution in [0.5, 0.6) is 0 Å². The SMILES string of the molecule is Cc1ccc(F)c([C@H]2NC(=O)OCC2(F)F)c1F. The maximum Gasteiger partial charge on any atom is 0.408 e. The van der Waals surface area contributed by atoms with Gasteiger partial charge in [0, 0.05) is 0 Å². The van der Waals surface area contributed by atoms with Crippen molar-refractivity contribution in [2.75, 3.05) is 6.61 Å². The first-order valence-electron chi connectivity index (χ1n) is 5.08. The summed E-state index contributed by atoms with van der Waals surface area (Å²) in [6.45, 7) is 0.105. The number of cyclic esters (lactones) is 1. The number of carbonyl (C=O) groups is 1. The lowest BCUT2D eigenvalue weighted by Crippen LogP contribution is -2.50. The molecule has 7 heteroatoms. The highest BCUT2D eigenvalue weighted by Gasteiger charge is 2.49. The number of benzene rings is 1. The second-order valence-corrected chi connectivity index (χ2v) is 4.01. The Bertz CT molecular complexity index is 504. The molecule has 3 nitrogen and oxygen atoms in total. The molecule has 2 rings (SSSR count). The molecule has 0 aromatic heterocycles. The van der Waals surface area contributed by atoms with Gasteiger partial charge in [-0.2, -0.15) is 0 Å². The average molecular weight is 263 g/mol. The predicted molar refractivity (Wildman–Crippen MR) is 53.3 cm³/mol. The van der Waals surface area contributed by atoms with E-state index in [-0.39, 0.29) is 5.56 Å². The van der Waals surface area contributed by atoms with Gasteiger partial charge in [0.05, 0.1) is 5.56 Å². The number of nitrogens with one attached hydrogen (secondary N) is 1. The van der Waals surface area contributed by atoms with E-state index >= 15 is 0 Å². The minimum atomic E-state index is -3.58. The van der Waals surface area contributed by atoms with Gasteiger partial charge in [0.15, 0.2) is 6.61 Å². The molecule has 1 atom stereocenters. The van der Waals surface area contributed by atoms with Gasteiger partial charge < -0.3 is 10.1 Å². The molecule has 1 aromatic carbocycles. The van der Waals surface area contributed by atoms with Crippen LogP contribution in [0.2, 0.25) is 0 Å². The van der Waals surface area contributed by atoms with Crippen molar-refractivity contribution in [1.82, 2.24) is 5.32 Å². The molecule has 0 radical (unpaired) electrons. The van der Waals surface area contributed by atoms with Crippen LogP contribution in [0.4, 0.5) is 22.4 Å². The largest absolute Gasteiger partial charge is 0.443 e. The first-order chi connectivity index (χ1) is 8.33. The first kappa shape index (κ1) is 12.7. The third-order valence-corrected chi connectivity index (χ3v) is 2.69. The number of rotatable bonds is 1. The fourth-order valence-electron chi connectivity index (χ4n) is 1.74. The topological polar surface area (TPSA) is 38.3 Å². The number of amides is 1. The lowest BCUT2D eigenvalue weighted by molar-refractivity contribution is -0.105. The van der Waals surface area contributed by atoms with Crippen LogP contribution in [0.25, 0.3) is 0 Å². The Hall–Kier alpha value is -1.79. The summed E-state index contributed by atoms with van der Waals surface area (Å²) in [7, 11) is 0. The number of halogens is 4. The molecule has 1 saturated heterocycles. The van der Waals surface area contributed by atoms with Gasteiger partial charge in [-0.3, -0.25) is 0 Å². The van der Waals surface area contributed by atoms with Crippen LogP contribution in [0, 0.1) is 18.6 Å². The van der Waals surface area contributed by atoms with Crippen molar-refractivity contribution in [1.29, 1.82) is 0 Å². The van der Waals surface area contributed by atoms with Gasteiger partial charge in [-0.1, -0.05) is 6.07 Å². The van der Waals surface area contributed by atoms with Gasteiger partial charge >= 0.3 is 12.0 Å². The Kier molecular flexibility index (Phi) is 2.92. The molecule has 1 heterocycles. The van der Waals surface area contributed by atoms with E-state index in [0.717, 1.165) is 12.1 Å². The Morgan fingerprint density at radius 2 is 2.06 bits per heavy atom. The first-order valence-corrected chi connectivity index (χ1v) is 5.08. The zero-order valence-corrected chi connectivity index (χ0v) is 9.27. The molecule has 0 aliphatic carbocycles. The van der Waals surface area contributed by atoms with Crippen LogP contribution in [0.15, 0.2) is 12.1 Å². The third-order valence-electron chi connectivity index (χ3n) is 2.69. The summed E-state index contributed by atoms with van der Waals surface area (Å²) in [4.78, 5) is 10.9. The van der Waals surface area contributed by atoms with Crippen molar-refractivity contribution in [3.05, 3.63) is 34.9 Å². The fourth-order valence-corrected chi connectivity index (χ4v) is 1.74. The molecule has 0 unspecified atom stereocenters. The number of ether oxygens (including phenoxy) is 1. The van der Waals surface area contributed by atoms with E-state index in [1.165, 1.54) is 6.92 Å². The molecule has 1 aliphatic heterocycles. The fraction of sp³-hybridized carbons (Fsp3) is 0.364. The van der Waals surface area contributed by atoms with Crippen molar-refractivity contribution in [2.45, 2.75) is 18.9 Å². The van der Waals surface area contributed by atoms with E-state index in [9.17, 15) is 22.4 Å². The van der Waals surface area contributed by atoms with Crippen LogP contribution in [0.3, 0.4) is 0 Å². The molecule has 1 fully saturated rings. The third kappa shape index (κ3) is 2.00. The molecule has 1 amide bonds. The molecule has 1 N–H and O–H groups in total. The summed E-state index contributed by atoms with van der Waals surface area (Å²) < 4.78 is 58.5. The number of carbonyl (C=O) groups excluding carboxylic acids is 1. The Labute approximate surface area is 99.7 Å². The average Bonchev–Trinajstić information content (AvgIpc) is 2.29. The predicted octanol–water partition coefficient (Wildman–Crippen LogP) is 2.69. The van der Waals surface area contributed by atoms with Gasteiger partial charge in [-0.25, -0.2) is 22.4 Å². The molecule has 0 bridgehead atoms. The number of hydrogen-bond donors (Lipinski definition) is 1. The quantitative estimate of drug-likeness (QED) is 0.791. The van der Waals surface area contributed by atoms with Gasteiger partial charge in [-0.15, -0.1) is 0 Å². The molecule has 98 valence electrons. The van der Waals surface area contributed by atoms with E-state index < -0.39 is 41.9 Å². The summed E-state index contributed by atoms with van der Waals surface area (Å²) in [6, 6.07) is -0.0579. The monoisotopic (exact) mass is 263 g/mol. The van der Waals surface area contributed by atoms with Crippen LogP contribution in [-0.4, -0.2) is 18.6 Å². The lowest BCUT2D eigenvalue weighted by atomic mass is 9.97. The van der Waals surface area contributed by atoms with E-state index in [1.807, 2.05) is 0 Å². The summed E-state index contributed by atoms with van der Waals surface area (Å²) in [5, 5.41) is 1.74. The summed E-state index contributed by atoms with van der Waals surface area (Å²) in [6.07, 6.45) is -1.13. The number of hydrogen-bond acceptors (Lipinski definition) is 2. The van der Waals surface area contributed by atoms with E-state index in [0.29, 0.717) is 0 Å². The highest BCUT2D eigenvalue weighted by molar-refractivity contribution is 5.69. The van der Waals surface area contributed by atoms with E-state index in [2.05, 4.69) is 4.74 Å². The Morgan fingerprint density at radius 3 is 2.72 bits per heavy atom. The second kappa shape index (κ2) is 4.15. The van der Waals surface area contributed by atoms with Crippen molar-refractivity contribution in [2.24, 2.45) is 0 Å². The zero-order valence-electron chi connectivity index (χ0n) is 9.27. The highest BCUT2D eigenvalue weighted by atomic mass is 19.3. The van der Waals surface area contributed by atoms with E-state index in [1.54, 1.807) is 5.32 Å². The molecule has 0 spiro atoms. The van der Waals surface area contributed by atoms with Gasteiger partial charge in [0.1, 0.15) is 17.7 Å². The molecule has 18 heavy (non-hydrogen) atoms. The Balaban J connectivity index is 2.52. The summed E-state index contributed by atoms with van der Waals surface area (Å²) >= 11 is 0. The number of aryl methyl sites for hydroxylation is 1. The van der Waals surface area contributed by atoms with Crippen molar-refractivity contribution in [3.63, 3.8) is 0 Å². The standard InChI is InChI=1S/C11H9F4NO2/c1-5-2-3-6(12)7(8(5)13)9-11(14,15)4-18-10(17)16-9/h2-3,9H,4H2,1H3,(H,16,17)/t9-/m1/s1. The molecular formula is C11H9F4NO2. The molecular weight excluding hydrogens is 254 g/mol. The van der Waals surface area contributed by atoms with Gasteiger partial charge in [0.25, 0.3) is 0 Å². The Morgan fingerprint density at radius 1 is 1.39 bits per heavy atom. The second-order valence-electron chi connectivity index (χ2n) is 4.01. The van der Waals surface area contributed by atoms with Crippen LogP contribution < -0.4 is 5.32 Å². The number of alkyl carbamates (subject to hydrolysis) is 1. The highest BCUT2D eigenvalue weighted by Crippen LogP contribution is 2.37. The lowest BCUT2D eigenvalue weighted by Gasteiger charge is -2.32. The van der Waals surface area contributed by atoms with Crippen LogP contribution in [-0.2, 0) is 4.74 Å². The van der Waals surface area contributed by atoms with Crippen LogP contribution in [0.1, 0.15) is 17.2 Å². The molecule has 0 saturated carbocycles. The maximum absolute atomic E-state index is 13.8. The maximum atomic E-state index is 13.8. The summed E-state index contributed by atoms with van der Waals surface area (Å²) in [5.41, 5.74) is -0.834. The van der Waals surface area contributed by atoms with Gasteiger partial charge in [-0.05, 0) is 18.6 Å². The van der Waals surface area contributed by atoms with Crippen molar-refractivity contribution < 1.29 is 27.1 Å². The van der Waals surface area contributed by atoms with Crippen molar-refractivity contribution >= 4 is 6.09 Å². The van der Waals surface area contributed by atoms with E-state index in [4.69, 9.17) is 0 Å². The minimum absolute atomic E-state index is 0.0166. The summed E-state index contributed by atoms with van der Waals surface area (Å²) in [5.74, 6) is -5.81. The minimum Gasteiger partial charge on any atom is -0.443 e. The van der Waals surface area contributed by atoms with Crippen molar-refractivity contribution in [3.8, 4) is 0 Å².